The first kappa shape index (κ1) is 9.74. The molecule has 0 radical (unpaired) electrons. The Morgan fingerprint density at radius 2 is 1.75 bits per heavy atom. The predicted octanol–water partition coefficient (Wildman–Crippen LogP) is 3.95. The van der Waals surface area contributed by atoms with Gasteiger partial charge in [0.1, 0.15) is 0 Å². The zero-order chi connectivity index (χ0) is 9.19. The van der Waals surface area contributed by atoms with Crippen LogP contribution >= 0.6 is 21.7 Å². The first-order valence-electron chi connectivity index (χ1n) is 3.00. The second-order valence-electron chi connectivity index (χ2n) is 2.07. The molecule has 1 aromatic rings. The van der Waals surface area contributed by atoms with E-state index >= 15 is 0 Å². The molecule has 1 aromatic carbocycles. The lowest BCUT2D eigenvalue weighted by atomic mass is 10.2. The SMILES string of the molecule is FC(F)(F)c1ccccc1SCl. The number of alkyl halides is 3. The third kappa shape index (κ3) is 2.08. The lowest BCUT2D eigenvalue weighted by Crippen LogP contribution is -2.05. The molecule has 0 heterocycles. The highest BCUT2D eigenvalue weighted by atomic mass is 35.7. The van der Waals surface area contributed by atoms with Crippen LogP contribution in [0.25, 0.3) is 0 Å². The summed E-state index contributed by atoms with van der Waals surface area (Å²) in [5.41, 5.74) is -0.690. The lowest BCUT2D eigenvalue weighted by Gasteiger charge is -2.08. The van der Waals surface area contributed by atoms with Crippen molar-refractivity contribution in [2.24, 2.45) is 0 Å². The third-order valence-electron chi connectivity index (χ3n) is 1.28. The molecule has 0 aliphatic rings. The normalized spacial score (nSPS) is 11.7. The molecule has 0 spiro atoms. The third-order valence-corrected chi connectivity index (χ3v) is 2.30. The van der Waals surface area contributed by atoms with Crippen LogP contribution in [-0.2, 0) is 6.18 Å². The summed E-state index contributed by atoms with van der Waals surface area (Å²) >= 11 is 0. The molecule has 0 fully saturated rings. The minimum Gasteiger partial charge on any atom is -0.166 e. The highest BCUT2D eigenvalue weighted by molar-refractivity contribution is 8.21. The van der Waals surface area contributed by atoms with Gasteiger partial charge in [-0.15, -0.1) is 0 Å². The molecule has 1 rings (SSSR count). The van der Waals surface area contributed by atoms with Crippen LogP contribution < -0.4 is 0 Å². The van der Waals surface area contributed by atoms with Crippen LogP contribution in [-0.4, -0.2) is 0 Å². The van der Waals surface area contributed by atoms with Gasteiger partial charge < -0.3 is 0 Å². The van der Waals surface area contributed by atoms with Crippen LogP contribution in [0.4, 0.5) is 13.2 Å². The highest BCUT2D eigenvalue weighted by Crippen LogP contribution is 2.37. The Hall–Kier alpha value is -0.350. The Bertz CT molecular complexity index is 272. The summed E-state index contributed by atoms with van der Waals surface area (Å²) in [4.78, 5) is 0.0340. The molecule has 0 saturated heterocycles. The van der Waals surface area contributed by atoms with Gasteiger partial charge >= 0.3 is 6.18 Å². The summed E-state index contributed by atoms with van der Waals surface area (Å²) in [5, 5.41) is 0. The van der Waals surface area contributed by atoms with E-state index in [0.717, 1.165) is 6.07 Å². The largest absolute Gasteiger partial charge is 0.417 e. The van der Waals surface area contributed by atoms with Crippen molar-refractivity contribution >= 4 is 21.7 Å². The van der Waals surface area contributed by atoms with Crippen molar-refractivity contribution in [1.29, 1.82) is 0 Å². The average Bonchev–Trinajstić information content (AvgIpc) is 2.03. The maximum Gasteiger partial charge on any atom is 0.417 e. The number of rotatable bonds is 1. The molecule has 0 aromatic heterocycles. The summed E-state index contributed by atoms with van der Waals surface area (Å²) in [7, 11) is 5.83. The van der Waals surface area contributed by atoms with Gasteiger partial charge in [0.25, 0.3) is 0 Å². The lowest BCUT2D eigenvalue weighted by molar-refractivity contribution is -0.139. The number of benzene rings is 1. The molecular weight excluding hydrogens is 209 g/mol. The van der Waals surface area contributed by atoms with Crippen molar-refractivity contribution in [3.63, 3.8) is 0 Å². The first-order valence-corrected chi connectivity index (χ1v) is 4.65. The van der Waals surface area contributed by atoms with E-state index in [-0.39, 0.29) is 4.90 Å². The van der Waals surface area contributed by atoms with Gasteiger partial charge in [-0.1, -0.05) is 12.1 Å². The number of hydrogen-bond donors (Lipinski definition) is 0. The fourth-order valence-electron chi connectivity index (χ4n) is 0.768. The van der Waals surface area contributed by atoms with E-state index in [0.29, 0.717) is 11.0 Å². The molecule has 0 N–H and O–H groups in total. The molecule has 0 unspecified atom stereocenters. The second kappa shape index (κ2) is 3.58. The zero-order valence-corrected chi connectivity index (χ0v) is 7.30. The van der Waals surface area contributed by atoms with Crippen LogP contribution in [0, 0.1) is 0 Å². The number of hydrogen-bond acceptors (Lipinski definition) is 1. The summed E-state index contributed by atoms with van der Waals surface area (Å²) in [6.07, 6.45) is -4.32. The van der Waals surface area contributed by atoms with E-state index in [1.807, 2.05) is 0 Å². The molecule has 0 amide bonds. The Balaban J connectivity index is 3.14. The highest BCUT2D eigenvalue weighted by Gasteiger charge is 2.32. The smallest absolute Gasteiger partial charge is 0.166 e. The van der Waals surface area contributed by atoms with Gasteiger partial charge in [-0.2, -0.15) is 13.2 Å². The van der Waals surface area contributed by atoms with E-state index in [4.69, 9.17) is 10.7 Å². The molecular formula is C7H4ClF3S. The minimum atomic E-state index is -4.32. The molecule has 0 atom stereocenters. The molecule has 0 aliphatic heterocycles. The van der Waals surface area contributed by atoms with Crippen molar-refractivity contribution < 1.29 is 13.2 Å². The van der Waals surface area contributed by atoms with Gasteiger partial charge in [0.05, 0.1) is 5.56 Å². The first-order chi connectivity index (χ1) is 5.55. The molecule has 12 heavy (non-hydrogen) atoms. The van der Waals surface area contributed by atoms with Crippen molar-refractivity contribution in [1.82, 2.24) is 0 Å². The molecule has 0 saturated carbocycles. The van der Waals surface area contributed by atoms with Crippen molar-refractivity contribution in [3.05, 3.63) is 29.8 Å². The predicted molar refractivity (Wildman–Crippen MR) is 43.2 cm³/mol. The van der Waals surface area contributed by atoms with Crippen LogP contribution in [0.1, 0.15) is 5.56 Å². The maximum atomic E-state index is 12.2. The molecule has 0 nitrogen and oxygen atoms in total. The molecule has 5 heteroatoms. The van der Waals surface area contributed by atoms with Crippen molar-refractivity contribution in [2.75, 3.05) is 0 Å². The molecule has 0 aliphatic carbocycles. The topological polar surface area (TPSA) is 0 Å². The fourth-order valence-corrected chi connectivity index (χ4v) is 1.57. The van der Waals surface area contributed by atoms with Crippen molar-refractivity contribution in [2.45, 2.75) is 11.1 Å². The van der Waals surface area contributed by atoms with Gasteiger partial charge in [0, 0.05) is 4.90 Å². The Labute approximate surface area is 76.2 Å². The second-order valence-corrected chi connectivity index (χ2v) is 3.13. The van der Waals surface area contributed by atoms with Crippen LogP contribution in [0.2, 0.25) is 0 Å². The summed E-state index contributed by atoms with van der Waals surface area (Å²) in [5.74, 6) is 0. The average molecular weight is 213 g/mol. The van der Waals surface area contributed by atoms with Gasteiger partial charge in [-0.25, -0.2) is 0 Å². The van der Waals surface area contributed by atoms with Gasteiger partial charge in [0.2, 0.25) is 0 Å². The van der Waals surface area contributed by atoms with Crippen LogP contribution in [0.5, 0.6) is 0 Å². The monoisotopic (exact) mass is 212 g/mol. The maximum absolute atomic E-state index is 12.2. The van der Waals surface area contributed by atoms with E-state index in [2.05, 4.69) is 0 Å². The van der Waals surface area contributed by atoms with E-state index in [1.165, 1.54) is 18.2 Å². The quantitative estimate of drug-likeness (QED) is 0.679. The molecule has 66 valence electrons. The number of halogens is 4. The van der Waals surface area contributed by atoms with Gasteiger partial charge in [0.15, 0.2) is 0 Å². The summed E-state index contributed by atoms with van der Waals surface area (Å²) in [6.45, 7) is 0. The van der Waals surface area contributed by atoms with E-state index < -0.39 is 11.7 Å². The molecule has 0 bridgehead atoms. The van der Waals surface area contributed by atoms with Crippen LogP contribution in [0.15, 0.2) is 29.2 Å². The van der Waals surface area contributed by atoms with Gasteiger partial charge in [-0.3, -0.25) is 0 Å². The van der Waals surface area contributed by atoms with Crippen molar-refractivity contribution in [3.8, 4) is 0 Å². The Morgan fingerprint density at radius 3 is 2.17 bits per heavy atom. The van der Waals surface area contributed by atoms with Crippen LogP contribution in [0.3, 0.4) is 0 Å². The minimum absolute atomic E-state index is 0.0340. The Morgan fingerprint density at radius 1 is 1.17 bits per heavy atom. The summed E-state index contributed by atoms with van der Waals surface area (Å²) in [6, 6.07) is 5.19. The summed E-state index contributed by atoms with van der Waals surface area (Å²) < 4.78 is 36.5. The van der Waals surface area contributed by atoms with E-state index in [1.54, 1.807) is 0 Å². The van der Waals surface area contributed by atoms with E-state index in [9.17, 15) is 13.2 Å². The van der Waals surface area contributed by atoms with Gasteiger partial charge in [-0.05, 0) is 33.8 Å². The zero-order valence-electron chi connectivity index (χ0n) is 5.73. The fraction of sp³-hybridized carbons (Fsp3) is 0.143. The standard InChI is InChI=1S/C7H4ClF3S/c8-12-6-4-2-1-3-5(6)7(9,10)11/h1-4H. The Kier molecular flexibility index (Phi) is 2.90.